The number of aromatic nitrogens is 4. The highest BCUT2D eigenvalue weighted by Crippen LogP contribution is 2.27. The number of unbranched alkanes of at least 4 members (excludes halogenated alkanes) is 3. The molecule has 1 N–H and O–H groups in total. The first-order valence-corrected chi connectivity index (χ1v) is 6.95. The third kappa shape index (κ3) is 4.27. The monoisotopic (exact) mass is 298 g/mol. The molecule has 7 heteroatoms. The molecular weight excluding hydrogens is 281 g/mol. The summed E-state index contributed by atoms with van der Waals surface area (Å²) >= 11 is 0. The van der Waals surface area contributed by atoms with Crippen LogP contribution < -0.4 is 0 Å². The van der Waals surface area contributed by atoms with Crippen molar-refractivity contribution in [2.75, 3.05) is 0 Å². The molecule has 21 heavy (non-hydrogen) atoms. The van der Waals surface area contributed by atoms with Gasteiger partial charge in [0.05, 0.1) is 0 Å². The molecule has 0 amide bonds. The van der Waals surface area contributed by atoms with Gasteiger partial charge in [-0.3, -0.25) is 10.1 Å². The highest BCUT2D eigenvalue weighted by Gasteiger charge is 2.35. The van der Waals surface area contributed by atoms with Crippen molar-refractivity contribution in [3.8, 4) is 11.5 Å². The van der Waals surface area contributed by atoms with Gasteiger partial charge in [0.1, 0.15) is 5.69 Å². The minimum atomic E-state index is -4.52. The molecule has 0 aromatic carbocycles. The molecule has 0 aliphatic rings. The number of halogens is 3. The summed E-state index contributed by atoms with van der Waals surface area (Å²) < 4.78 is 37.3. The van der Waals surface area contributed by atoms with Gasteiger partial charge < -0.3 is 0 Å². The summed E-state index contributed by atoms with van der Waals surface area (Å²) in [7, 11) is 0. The lowest BCUT2D eigenvalue weighted by Gasteiger charge is -2.01. The first-order valence-electron chi connectivity index (χ1n) is 6.95. The summed E-state index contributed by atoms with van der Waals surface area (Å²) in [6.07, 6.45) is 2.73. The average Bonchev–Trinajstić information content (AvgIpc) is 2.94. The number of hydrogen-bond donors (Lipinski definition) is 1. The Labute approximate surface area is 120 Å². The third-order valence-corrected chi connectivity index (χ3v) is 3.13. The Bertz CT molecular complexity index is 560. The van der Waals surface area contributed by atoms with Gasteiger partial charge in [-0.25, -0.2) is 4.98 Å². The topological polar surface area (TPSA) is 54.5 Å². The summed E-state index contributed by atoms with van der Waals surface area (Å²) in [5.41, 5.74) is 1.40. The van der Waals surface area contributed by atoms with Crippen molar-refractivity contribution >= 4 is 0 Å². The summed E-state index contributed by atoms with van der Waals surface area (Å²) in [5, 5.41) is 5.43. The van der Waals surface area contributed by atoms with Crippen LogP contribution >= 0.6 is 0 Å². The molecule has 0 radical (unpaired) electrons. The van der Waals surface area contributed by atoms with Gasteiger partial charge in [0.15, 0.2) is 5.82 Å². The quantitative estimate of drug-likeness (QED) is 0.820. The lowest BCUT2D eigenvalue weighted by Crippen LogP contribution is -2.07. The minimum Gasteiger partial charge on any atom is -0.255 e. The molecule has 0 spiro atoms. The van der Waals surface area contributed by atoms with Crippen LogP contribution in [0.3, 0.4) is 0 Å². The molecule has 0 aliphatic heterocycles. The smallest absolute Gasteiger partial charge is 0.255 e. The molecule has 0 bridgehead atoms. The van der Waals surface area contributed by atoms with Crippen LogP contribution in [-0.2, 0) is 12.6 Å². The maximum atomic E-state index is 12.4. The number of aromatic amines is 1. The van der Waals surface area contributed by atoms with Gasteiger partial charge in [-0.15, -0.1) is 0 Å². The van der Waals surface area contributed by atoms with Crippen LogP contribution in [0.1, 0.15) is 44.0 Å². The standard InChI is InChI=1S/C14H17F3N4/c1-2-3-4-5-6-10-7-8-11(18-9-10)12-19-13(21-20-12)14(15,16)17/h7-9H,2-6H2,1H3,(H,19,20,21). The fourth-order valence-electron chi connectivity index (χ4n) is 1.96. The van der Waals surface area contributed by atoms with Crippen molar-refractivity contribution in [1.82, 2.24) is 20.2 Å². The van der Waals surface area contributed by atoms with E-state index in [4.69, 9.17) is 0 Å². The molecule has 2 heterocycles. The van der Waals surface area contributed by atoms with E-state index in [1.54, 1.807) is 12.3 Å². The average molecular weight is 298 g/mol. The van der Waals surface area contributed by atoms with E-state index in [-0.39, 0.29) is 5.82 Å². The number of hydrogen-bond acceptors (Lipinski definition) is 3. The second-order valence-electron chi connectivity index (χ2n) is 4.87. The molecule has 0 aliphatic carbocycles. The number of nitrogens with one attached hydrogen (secondary N) is 1. The van der Waals surface area contributed by atoms with Crippen LogP contribution in [0.25, 0.3) is 11.5 Å². The van der Waals surface area contributed by atoms with Gasteiger partial charge in [-0.05, 0) is 24.5 Å². The van der Waals surface area contributed by atoms with Crippen LogP contribution in [0.15, 0.2) is 18.3 Å². The van der Waals surface area contributed by atoms with Crippen LogP contribution in [0, 0.1) is 0 Å². The van der Waals surface area contributed by atoms with Crippen molar-refractivity contribution in [2.24, 2.45) is 0 Å². The zero-order chi connectivity index (χ0) is 15.3. The van der Waals surface area contributed by atoms with E-state index in [0.717, 1.165) is 18.4 Å². The second kappa shape index (κ2) is 6.69. The fraction of sp³-hybridized carbons (Fsp3) is 0.500. The van der Waals surface area contributed by atoms with Crippen LogP contribution in [0.4, 0.5) is 13.2 Å². The zero-order valence-corrected chi connectivity index (χ0v) is 11.7. The Morgan fingerprint density at radius 3 is 2.52 bits per heavy atom. The maximum absolute atomic E-state index is 12.4. The van der Waals surface area contributed by atoms with E-state index in [0.29, 0.717) is 5.69 Å². The molecule has 0 saturated heterocycles. The van der Waals surface area contributed by atoms with Gasteiger partial charge in [0.2, 0.25) is 5.82 Å². The highest BCUT2D eigenvalue weighted by molar-refractivity contribution is 5.48. The lowest BCUT2D eigenvalue weighted by atomic mass is 10.1. The normalized spacial score (nSPS) is 11.8. The summed E-state index contributed by atoms with van der Waals surface area (Å²) in [6, 6.07) is 3.51. The highest BCUT2D eigenvalue weighted by atomic mass is 19.4. The number of H-pyrrole nitrogens is 1. The second-order valence-corrected chi connectivity index (χ2v) is 4.87. The van der Waals surface area contributed by atoms with Crippen molar-refractivity contribution < 1.29 is 13.2 Å². The molecule has 2 rings (SSSR count). The fourth-order valence-corrected chi connectivity index (χ4v) is 1.96. The van der Waals surface area contributed by atoms with Gasteiger partial charge in [0, 0.05) is 6.20 Å². The van der Waals surface area contributed by atoms with Crippen molar-refractivity contribution in [3.05, 3.63) is 29.7 Å². The van der Waals surface area contributed by atoms with E-state index in [1.807, 2.05) is 11.2 Å². The Balaban J connectivity index is 2.00. The third-order valence-electron chi connectivity index (χ3n) is 3.13. The van der Waals surface area contributed by atoms with E-state index in [9.17, 15) is 13.2 Å². The Kier molecular flexibility index (Phi) is 4.93. The first kappa shape index (κ1) is 15.5. The Morgan fingerprint density at radius 1 is 1.14 bits per heavy atom. The minimum absolute atomic E-state index is 0.0418. The van der Waals surface area contributed by atoms with Gasteiger partial charge in [0.25, 0.3) is 0 Å². The lowest BCUT2D eigenvalue weighted by molar-refractivity contribution is -0.144. The SMILES string of the molecule is CCCCCCc1ccc(-c2n[nH]c(C(F)(F)F)n2)nc1. The molecule has 2 aromatic rings. The zero-order valence-electron chi connectivity index (χ0n) is 11.7. The summed E-state index contributed by atoms with van der Waals surface area (Å²) in [4.78, 5) is 7.54. The Morgan fingerprint density at radius 2 is 1.95 bits per heavy atom. The molecule has 0 saturated carbocycles. The van der Waals surface area contributed by atoms with Gasteiger partial charge in [-0.2, -0.15) is 18.3 Å². The number of pyridine rings is 1. The van der Waals surface area contributed by atoms with Crippen LogP contribution in [0.5, 0.6) is 0 Å². The van der Waals surface area contributed by atoms with E-state index in [1.165, 1.54) is 19.3 Å². The van der Waals surface area contributed by atoms with Crippen molar-refractivity contribution in [2.45, 2.75) is 45.2 Å². The van der Waals surface area contributed by atoms with Crippen molar-refractivity contribution in [3.63, 3.8) is 0 Å². The van der Waals surface area contributed by atoms with E-state index >= 15 is 0 Å². The Hall–Kier alpha value is -1.92. The summed E-state index contributed by atoms with van der Waals surface area (Å²) in [6.45, 7) is 2.16. The molecule has 0 atom stereocenters. The van der Waals surface area contributed by atoms with Crippen molar-refractivity contribution in [1.29, 1.82) is 0 Å². The number of rotatable bonds is 6. The molecule has 114 valence electrons. The molecule has 0 unspecified atom stereocenters. The van der Waals surface area contributed by atoms with E-state index in [2.05, 4.69) is 22.0 Å². The van der Waals surface area contributed by atoms with E-state index < -0.39 is 12.0 Å². The molecule has 4 nitrogen and oxygen atoms in total. The number of aryl methyl sites for hydroxylation is 1. The predicted molar refractivity (Wildman–Crippen MR) is 72.5 cm³/mol. The maximum Gasteiger partial charge on any atom is 0.451 e. The molecule has 0 fully saturated rings. The van der Waals surface area contributed by atoms with Gasteiger partial charge in [-0.1, -0.05) is 32.3 Å². The van der Waals surface area contributed by atoms with Crippen LogP contribution in [-0.4, -0.2) is 20.2 Å². The predicted octanol–water partition coefficient (Wildman–Crippen LogP) is 4.01. The molecular formula is C14H17F3N4. The first-order chi connectivity index (χ1) is 10.0. The number of alkyl halides is 3. The summed E-state index contributed by atoms with van der Waals surface area (Å²) in [5.74, 6) is -1.15. The largest absolute Gasteiger partial charge is 0.451 e. The molecule has 2 aromatic heterocycles. The van der Waals surface area contributed by atoms with Crippen LogP contribution in [0.2, 0.25) is 0 Å². The number of nitrogens with zero attached hydrogens (tertiary/aromatic N) is 3. The van der Waals surface area contributed by atoms with Gasteiger partial charge >= 0.3 is 6.18 Å².